The summed E-state index contributed by atoms with van der Waals surface area (Å²) in [7, 11) is 0. The Labute approximate surface area is 210 Å². The molecule has 0 spiro atoms. The van der Waals surface area contributed by atoms with E-state index in [9.17, 15) is 10.1 Å². The van der Waals surface area contributed by atoms with E-state index in [0.29, 0.717) is 17.4 Å². The van der Waals surface area contributed by atoms with Gasteiger partial charge in [-0.15, -0.1) is 0 Å². The first-order valence-electron chi connectivity index (χ1n) is 12.5. The fourth-order valence-electron chi connectivity index (χ4n) is 5.82. The van der Waals surface area contributed by atoms with Gasteiger partial charge < -0.3 is 4.90 Å². The molecule has 0 bridgehead atoms. The molecule has 36 heavy (non-hydrogen) atoms. The number of nitro benzene ring substituents is 1. The first-order chi connectivity index (χ1) is 17.7. The minimum absolute atomic E-state index is 0.0658. The van der Waals surface area contributed by atoms with E-state index in [-0.39, 0.29) is 10.6 Å². The second-order valence-corrected chi connectivity index (χ2v) is 9.54. The number of anilines is 1. The maximum Gasteiger partial charge on any atom is 0.278 e. The van der Waals surface area contributed by atoms with E-state index in [1.54, 1.807) is 24.4 Å². The molecule has 0 amide bonds. The van der Waals surface area contributed by atoms with Gasteiger partial charge in [-0.3, -0.25) is 15.1 Å². The zero-order valence-corrected chi connectivity index (χ0v) is 20.0. The van der Waals surface area contributed by atoms with Gasteiger partial charge in [0.15, 0.2) is 0 Å². The van der Waals surface area contributed by atoms with E-state index >= 15 is 0 Å². The average Bonchev–Trinajstić information content (AvgIpc) is 2.93. The summed E-state index contributed by atoms with van der Waals surface area (Å²) in [6.45, 7) is 2.08. The number of aliphatic imine (C=N–C) groups is 1. The van der Waals surface area contributed by atoms with Crippen molar-refractivity contribution in [3.63, 3.8) is 0 Å². The van der Waals surface area contributed by atoms with E-state index < -0.39 is 0 Å². The molecule has 0 saturated heterocycles. The van der Waals surface area contributed by atoms with Crippen LogP contribution in [0.15, 0.2) is 102 Å². The van der Waals surface area contributed by atoms with Gasteiger partial charge in [-0.1, -0.05) is 72.8 Å². The van der Waals surface area contributed by atoms with Crippen LogP contribution in [-0.4, -0.2) is 24.2 Å². The highest BCUT2D eigenvalue weighted by atomic mass is 16.6. The van der Waals surface area contributed by atoms with Crippen molar-refractivity contribution in [1.29, 1.82) is 0 Å². The number of nitrogens with zero attached hydrogens (tertiary/aromatic N) is 3. The quantitative estimate of drug-likeness (QED) is 0.175. The lowest BCUT2D eigenvalue weighted by Crippen LogP contribution is -2.37. The standard InChI is InChI=1S/C31H27N3O2/c35-34(36)30-14-8-7-13-24(30)21-32-25-19-28-26(22-9-3-1-4-10-22)15-17-33-18-16-27(29(20-25)31(28)33)23-11-5-2-6-12-23/h1-14,19-21,26-27H,15-18H2/t26-,27+. The van der Waals surface area contributed by atoms with Crippen LogP contribution >= 0.6 is 0 Å². The molecule has 2 heterocycles. The minimum atomic E-state index is -0.354. The lowest BCUT2D eigenvalue weighted by Gasteiger charge is -2.43. The Kier molecular flexibility index (Phi) is 5.82. The average molecular weight is 474 g/mol. The molecule has 4 aromatic rings. The lowest BCUT2D eigenvalue weighted by atomic mass is 9.76. The van der Waals surface area contributed by atoms with Gasteiger partial charge in [0.25, 0.3) is 5.69 Å². The van der Waals surface area contributed by atoms with Crippen LogP contribution in [-0.2, 0) is 0 Å². The Morgan fingerprint density at radius 2 is 1.31 bits per heavy atom. The van der Waals surface area contributed by atoms with E-state index in [1.807, 2.05) is 0 Å². The van der Waals surface area contributed by atoms with Crippen molar-refractivity contribution in [1.82, 2.24) is 0 Å². The van der Waals surface area contributed by atoms with Crippen LogP contribution in [0.4, 0.5) is 17.1 Å². The summed E-state index contributed by atoms with van der Waals surface area (Å²) < 4.78 is 0. The minimum Gasteiger partial charge on any atom is -0.371 e. The fourth-order valence-corrected chi connectivity index (χ4v) is 5.82. The molecule has 0 aliphatic carbocycles. The first kappa shape index (κ1) is 22.2. The maximum absolute atomic E-state index is 11.5. The van der Waals surface area contributed by atoms with Crippen LogP contribution in [0.1, 0.15) is 52.5 Å². The monoisotopic (exact) mass is 473 g/mol. The number of hydrogen-bond donors (Lipinski definition) is 0. The Morgan fingerprint density at radius 3 is 1.86 bits per heavy atom. The smallest absolute Gasteiger partial charge is 0.278 e. The predicted octanol–water partition coefficient (Wildman–Crippen LogP) is 7.22. The molecule has 0 radical (unpaired) electrons. The third-order valence-corrected chi connectivity index (χ3v) is 7.49. The summed E-state index contributed by atoms with van der Waals surface area (Å²) in [5.74, 6) is 0.596. The van der Waals surface area contributed by atoms with Crippen molar-refractivity contribution in [3.8, 4) is 0 Å². The molecule has 2 aliphatic rings. The lowest BCUT2D eigenvalue weighted by molar-refractivity contribution is -0.385. The van der Waals surface area contributed by atoms with Crippen molar-refractivity contribution in [2.24, 2.45) is 4.99 Å². The van der Waals surface area contributed by atoms with Gasteiger partial charge in [-0.2, -0.15) is 0 Å². The molecular weight excluding hydrogens is 446 g/mol. The number of nitro groups is 1. The molecule has 178 valence electrons. The van der Waals surface area contributed by atoms with E-state index in [1.165, 1.54) is 34.0 Å². The molecular formula is C31H27N3O2. The van der Waals surface area contributed by atoms with Crippen LogP contribution in [0.5, 0.6) is 0 Å². The molecule has 0 aromatic heterocycles. The molecule has 5 nitrogen and oxygen atoms in total. The molecule has 0 saturated carbocycles. The molecule has 2 atom stereocenters. The molecule has 4 aromatic carbocycles. The SMILES string of the molecule is O=[N+]([O-])c1ccccc1C=Nc1cc2c3c(c1)[C@H](c1ccccc1)CCN3CC[C@@H]2c1ccccc1. The van der Waals surface area contributed by atoms with Crippen LogP contribution in [0.25, 0.3) is 0 Å². The Bertz CT molecular complexity index is 1360. The zero-order valence-electron chi connectivity index (χ0n) is 20.0. The molecule has 5 heteroatoms. The highest BCUT2D eigenvalue weighted by Crippen LogP contribution is 2.49. The summed E-state index contributed by atoms with van der Waals surface area (Å²) in [5.41, 5.74) is 8.01. The maximum atomic E-state index is 11.5. The van der Waals surface area contributed by atoms with Crippen molar-refractivity contribution in [2.75, 3.05) is 18.0 Å². The summed E-state index contributed by atoms with van der Waals surface area (Å²) in [6, 6.07) is 32.6. The zero-order chi connectivity index (χ0) is 24.5. The second-order valence-electron chi connectivity index (χ2n) is 9.54. The van der Waals surface area contributed by atoms with Crippen molar-refractivity contribution < 1.29 is 4.92 Å². The van der Waals surface area contributed by atoms with Crippen molar-refractivity contribution >= 4 is 23.3 Å². The number of rotatable bonds is 5. The first-order valence-corrected chi connectivity index (χ1v) is 12.5. The van der Waals surface area contributed by atoms with Gasteiger partial charge in [-0.25, -0.2) is 0 Å². The van der Waals surface area contributed by atoms with Gasteiger partial charge >= 0.3 is 0 Å². The summed E-state index contributed by atoms with van der Waals surface area (Å²) in [4.78, 5) is 18.5. The third kappa shape index (κ3) is 4.07. The van der Waals surface area contributed by atoms with Gasteiger partial charge in [0.05, 0.1) is 16.2 Å². The molecule has 0 N–H and O–H groups in total. The van der Waals surface area contributed by atoms with Gasteiger partial charge in [0.2, 0.25) is 0 Å². The van der Waals surface area contributed by atoms with Crippen LogP contribution < -0.4 is 4.90 Å². The summed E-state index contributed by atoms with van der Waals surface area (Å²) in [5, 5.41) is 11.5. The highest BCUT2D eigenvalue weighted by molar-refractivity contribution is 5.87. The number of benzene rings is 4. The number of para-hydroxylation sites is 1. The fraction of sp³-hybridized carbons (Fsp3) is 0.194. The number of hydrogen-bond acceptors (Lipinski definition) is 4. The Morgan fingerprint density at radius 1 is 0.778 bits per heavy atom. The van der Waals surface area contributed by atoms with Crippen molar-refractivity contribution in [2.45, 2.75) is 24.7 Å². The van der Waals surface area contributed by atoms with Gasteiger partial charge in [0, 0.05) is 42.9 Å². The second kappa shape index (κ2) is 9.42. The molecule has 2 aliphatic heterocycles. The summed E-state index contributed by atoms with van der Waals surface area (Å²) >= 11 is 0. The Hall–Kier alpha value is -4.25. The largest absolute Gasteiger partial charge is 0.371 e. The molecule has 6 rings (SSSR count). The normalized spacial score (nSPS) is 18.7. The van der Waals surface area contributed by atoms with Crippen LogP contribution in [0.2, 0.25) is 0 Å². The van der Waals surface area contributed by atoms with Crippen molar-refractivity contribution in [3.05, 3.63) is 135 Å². The van der Waals surface area contributed by atoms with E-state index in [0.717, 1.165) is 31.6 Å². The van der Waals surface area contributed by atoms with E-state index in [2.05, 4.69) is 77.7 Å². The topological polar surface area (TPSA) is 58.7 Å². The molecule has 0 fully saturated rings. The van der Waals surface area contributed by atoms with E-state index in [4.69, 9.17) is 4.99 Å². The predicted molar refractivity (Wildman–Crippen MR) is 145 cm³/mol. The van der Waals surface area contributed by atoms with Gasteiger partial charge in [-0.05, 0) is 53.3 Å². The third-order valence-electron chi connectivity index (χ3n) is 7.49. The highest BCUT2D eigenvalue weighted by Gasteiger charge is 2.35. The van der Waals surface area contributed by atoms with Gasteiger partial charge in [0.1, 0.15) is 0 Å². The van der Waals surface area contributed by atoms with Crippen LogP contribution in [0, 0.1) is 10.1 Å². The molecule has 0 unspecified atom stereocenters. The van der Waals surface area contributed by atoms with Crippen LogP contribution in [0.3, 0.4) is 0 Å². The Balaban J connectivity index is 1.51. The summed E-state index contributed by atoms with van der Waals surface area (Å²) in [6.07, 6.45) is 3.75.